The van der Waals surface area contributed by atoms with Gasteiger partial charge in [0.05, 0.1) is 13.2 Å². The van der Waals surface area contributed by atoms with E-state index in [0.29, 0.717) is 17.5 Å². The molecular formula is C28H25N3O3. The summed E-state index contributed by atoms with van der Waals surface area (Å²) >= 11 is 0. The van der Waals surface area contributed by atoms with Crippen LogP contribution in [-0.2, 0) is 4.79 Å². The smallest absolute Gasteiger partial charge is 0.327 e. The molecule has 1 aliphatic heterocycles. The van der Waals surface area contributed by atoms with E-state index >= 15 is 0 Å². The Hall–Kier alpha value is -4.19. The number of carboxylic acid groups (broad SMARTS) is 1. The van der Waals surface area contributed by atoms with Crippen molar-refractivity contribution in [1.29, 1.82) is 0 Å². The molecule has 0 amide bonds. The Morgan fingerprint density at radius 3 is 2.06 bits per heavy atom. The van der Waals surface area contributed by atoms with Gasteiger partial charge in [-0.3, -0.25) is 0 Å². The summed E-state index contributed by atoms with van der Waals surface area (Å²) in [6.07, 6.45) is 0. The quantitative estimate of drug-likeness (QED) is 0.461. The van der Waals surface area contributed by atoms with Crippen molar-refractivity contribution in [3.8, 4) is 5.88 Å². The minimum absolute atomic E-state index is 0.327. The van der Waals surface area contributed by atoms with E-state index in [0.717, 1.165) is 22.3 Å². The van der Waals surface area contributed by atoms with E-state index in [1.807, 2.05) is 90.7 Å². The molecule has 0 fully saturated rings. The topological polar surface area (TPSA) is 75.5 Å². The first-order valence-electron chi connectivity index (χ1n) is 11.2. The van der Waals surface area contributed by atoms with Crippen LogP contribution in [0.4, 0.5) is 5.95 Å². The molecule has 0 saturated carbocycles. The fraction of sp³-hybridized carbons (Fsp3) is 0.179. The highest BCUT2D eigenvalue weighted by molar-refractivity contribution is 5.82. The maximum atomic E-state index is 13.0. The Kier molecular flexibility index (Phi) is 5.72. The number of anilines is 1. The molecule has 0 saturated heterocycles. The summed E-state index contributed by atoms with van der Waals surface area (Å²) in [4.78, 5) is 24.2. The van der Waals surface area contributed by atoms with Crippen LogP contribution in [0, 0.1) is 6.92 Å². The fourth-order valence-electron chi connectivity index (χ4n) is 4.93. The lowest BCUT2D eigenvalue weighted by Crippen LogP contribution is -2.52. The normalized spacial score (nSPS) is 19.4. The minimum Gasteiger partial charge on any atom is -0.481 e. The highest BCUT2D eigenvalue weighted by atomic mass is 16.5. The van der Waals surface area contributed by atoms with Gasteiger partial charge in [-0.2, -0.15) is 4.98 Å². The molecule has 1 aliphatic rings. The standard InChI is InChI=1S/C28H25N3O3/c1-18-17-23(34-2)30-28(29-18)31-25(20-13-7-4-8-14-20)22-16-10-9-15-21(22)24(26(31)27(32)33)19-11-5-3-6-12-19/h3-17,24-26H,1-2H3,(H,32,33). The maximum absolute atomic E-state index is 13.0. The summed E-state index contributed by atoms with van der Waals surface area (Å²) in [6.45, 7) is 1.85. The Balaban J connectivity index is 1.84. The van der Waals surface area contributed by atoms with Gasteiger partial charge in [0.2, 0.25) is 11.8 Å². The van der Waals surface area contributed by atoms with E-state index in [1.165, 1.54) is 0 Å². The molecule has 2 heterocycles. The van der Waals surface area contributed by atoms with Crippen molar-refractivity contribution in [3.05, 3.63) is 119 Å². The maximum Gasteiger partial charge on any atom is 0.327 e. The molecule has 0 radical (unpaired) electrons. The number of aromatic nitrogens is 2. The first-order valence-corrected chi connectivity index (χ1v) is 11.2. The number of aliphatic carboxylic acids is 1. The SMILES string of the molecule is COc1cc(C)nc(N2C(c3ccccc3)c3ccccc3C(c3ccccc3)C2C(=O)O)n1. The Morgan fingerprint density at radius 1 is 0.853 bits per heavy atom. The second-order valence-electron chi connectivity index (χ2n) is 8.37. The average molecular weight is 452 g/mol. The zero-order chi connectivity index (χ0) is 23.7. The fourth-order valence-corrected chi connectivity index (χ4v) is 4.93. The molecule has 0 spiro atoms. The predicted molar refractivity (Wildman–Crippen MR) is 130 cm³/mol. The summed E-state index contributed by atoms with van der Waals surface area (Å²) < 4.78 is 5.42. The van der Waals surface area contributed by atoms with Crippen LogP contribution in [0.5, 0.6) is 5.88 Å². The second-order valence-corrected chi connectivity index (χ2v) is 8.37. The number of rotatable bonds is 5. The van der Waals surface area contributed by atoms with Crippen LogP contribution in [0.3, 0.4) is 0 Å². The number of carboxylic acids is 1. The molecule has 6 heteroatoms. The number of fused-ring (bicyclic) bond motifs is 1. The second kappa shape index (κ2) is 8.98. The highest BCUT2D eigenvalue weighted by Crippen LogP contribution is 2.47. The van der Waals surface area contributed by atoms with E-state index in [4.69, 9.17) is 4.74 Å². The predicted octanol–water partition coefficient (Wildman–Crippen LogP) is 4.99. The molecule has 0 bridgehead atoms. The van der Waals surface area contributed by atoms with E-state index in [2.05, 4.69) is 16.0 Å². The van der Waals surface area contributed by atoms with Gasteiger partial charge < -0.3 is 14.7 Å². The van der Waals surface area contributed by atoms with Crippen molar-refractivity contribution in [3.63, 3.8) is 0 Å². The van der Waals surface area contributed by atoms with Crippen LogP contribution in [0.1, 0.15) is 39.9 Å². The largest absolute Gasteiger partial charge is 0.481 e. The number of methoxy groups -OCH3 is 1. The van der Waals surface area contributed by atoms with Crippen molar-refractivity contribution >= 4 is 11.9 Å². The zero-order valence-corrected chi connectivity index (χ0v) is 19.0. The minimum atomic E-state index is -0.937. The van der Waals surface area contributed by atoms with E-state index in [9.17, 15) is 9.90 Å². The molecule has 1 aromatic heterocycles. The third-order valence-electron chi connectivity index (χ3n) is 6.31. The van der Waals surface area contributed by atoms with Gasteiger partial charge in [-0.1, -0.05) is 84.9 Å². The zero-order valence-electron chi connectivity index (χ0n) is 19.0. The van der Waals surface area contributed by atoms with Crippen molar-refractivity contribution in [2.45, 2.75) is 24.9 Å². The highest BCUT2D eigenvalue weighted by Gasteiger charge is 2.47. The number of ether oxygens (including phenoxy) is 1. The van der Waals surface area contributed by atoms with Crippen LogP contribution < -0.4 is 9.64 Å². The van der Waals surface area contributed by atoms with E-state index < -0.39 is 17.9 Å². The number of carbonyl (C=O) groups is 1. The average Bonchev–Trinajstić information content (AvgIpc) is 2.87. The monoisotopic (exact) mass is 451 g/mol. The van der Waals surface area contributed by atoms with Crippen LogP contribution in [0.2, 0.25) is 0 Å². The third kappa shape index (κ3) is 3.77. The lowest BCUT2D eigenvalue weighted by Gasteiger charge is -2.46. The van der Waals surface area contributed by atoms with E-state index in [1.54, 1.807) is 13.2 Å². The molecule has 3 aromatic carbocycles. The van der Waals surface area contributed by atoms with Gasteiger partial charge >= 0.3 is 5.97 Å². The van der Waals surface area contributed by atoms with Crippen LogP contribution in [0.25, 0.3) is 0 Å². The van der Waals surface area contributed by atoms with Crippen molar-refractivity contribution < 1.29 is 14.6 Å². The van der Waals surface area contributed by atoms with Crippen molar-refractivity contribution in [2.24, 2.45) is 0 Å². The Bertz CT molecular complexity index is 1310. The van der Waals surface area contributed by atoms with E-state index in [-0.39, 0.29) is 6.04 Å². The Labute approximate surface area is 198 Å². The van der Waals surface area contributed by atoms with Crippen LogP contribution in [-0.4, -0.2) is 34.2 Å². The molecule has 3 atom stereocenters. The summed E-state index contributed by atoms with van der Waals surface area (Å²) in [6, 6.07) is 28.2. The number of nitrogens with zero attached hydrogens (tertiary/aromatic N) is 3. The van der Waals surface area contributed by atoms with Crippen LogP contribution in [0.15, 0.2) is 91.0 Å². The van der Waals surface area contributed by atoms with Gasteiger partial charge in [-0.25, -0.2) is 9.78 Å². The lowest BCUT2D eigenvalue weighted by atomic mass is 9.75. The summed E-state index contributed by atoms with van der Waals surface area (Å²) in [5, 5.41) is 10.7. The number of hydrogen-bond donors (Lipinski definition) is 1. The summed E-state index contributed by atoms with van der Waals surface area (Å²) in [7, 11) is 1.55. The molecule has 1 N–H and O–H groups in total. The number of benzene rings is 3. The summed E-state index contributed by atoms with van der Waals surface area (Å²) in [5.74, 6) is -0.625. The third-order valence-corrected chi connectivity index (χ3v) is 6.31. The summed E-state index contributed by atoms with van der Waals surface area (Å²) in [5.41, 5.74) is 4.62. The lowest BCUT2D eigenvalue weighted by molar-refractivity contribution is -0.139. The van der Waals surface area contributed by atoms with Gasteiger partial charge in [0.25, 0.3) is 0 Å². The number of hydrogen-bond acceptors (Lipinski definition) is 5. The van der Waals surface area contributed by atoms with Crippen molar-refractivity contribution in [1.82, 2.24) is 9.97 Å². The molecule has 0 aliphatic carbocycles. The molecule has 34 heavy (non-hydrogen) atoms. The molecule has 170 valence electrons. The van der Waals surface area contributed by atoms with Crippen molar-refractivity contribution in [2.75, 3.05) is 12.0 Å². The van der Waals surface area contributed by atoms with Gasteiger partial charge in [0, 0.05) is 17.7 Å². The first-order chi connectivity index (χ1) is 16.6. The molecule has 4 aromatic rings. The molecule has 3 unspecified atom stereocenters. The molecule has 5 rings (SSSR count). The molecular weight excluding hydrogens is 426 g/mol. The Morgan fingerprint density at radius 2 is 1.44 bits per heavy atom. The number of aryl methyl sites for hydroxylation is 1. The van der Waals surface area contributed by atoms with Gasteiger partial charge in [0.15, 0.2) is 0 Å². The molecule has 6 nitrogen and oxygen atoms in total. The van der Waals surface area contributed by atoms with Gasteiger partial charge in [0.1, 0.15) is 6.04 Å². The van der Waals surface area contributed by atoms with Gasteiger partial charge in [-0.15, -0.1) is 0 Å². The first kappa shape index (κ1) is 21.6. The van der Waals surface area contributed by atoms with Gasteiger partial charge in [-0.05, 0) is 29.2 Å². The van der Waals surface area contributed by atoms with Crippen LogP contribution >= 0.6 is 0 Å².